The fraction of sp³-hybridized carbons (Fsp3) is 0.571. The molecule has 0 aliphatic carbocycles. The third kappa shape index (κ3) is 2.95. The van der Waals surface area contributed by atoms with E-state index in [0.29, 0.717) is 26.1 Å². The predicted octanol–water partition coefficient (Wildman–Crippen LogP) is 2.15. The quantitative estimate of drug-likeness (QED) is 0.870. The smallest absolute Gasteiger partial charge is 0.317 e. The van der Waals surface area contributed by atoms with Crippen LogP contribution in [-0.2, 0) is 16.1 Å². The largest absolute Gasteiger partial charge is 0.469 e. The molecular weight excluding hydrogens is 276 g/mol. The molecule has 5 nitrogen and oxygen atoms in total. The normalized spacial score (nSPS) is 21.9. The lowest BCUT2D eigenvalue weighted by Gasteiger charge is -2.22. The Morgan fingerprint density at radius 2 is 2.30 bits per heavy atom. The van der Waals surface area contributed by atoms with Crippen molar-refractivity contribution < 1.29 is 14.3 Å². The van der Waals surface area contributed by atoms with Gasteiger partial charge in [0.05, 0.1) is 19.1 Å². The molecule has 2 amide bonds. The van der Waals surface area contributed by atoms with Crippen molar-refractivity contribution >= 4 is 23.3 Å². The summed E-state index contributed by atoms with van der Waals surface area (Å²) in [6, 6.07) is 1.92. The lowest BCUT2D eigenvalue weighted by molar-refractivity contribution is -0.150. The molecule has 2 rings (SSSR count). The van der Waals surface area contributed by atoms with E-state index < -0.39 is 5.41 Å². The Balaban J connectivity index is 1.89. The number of methoxy groups -OCH3 is 1. The highest BCUT2D eigenvalue weighted by molar-refractivity contribution is 7.10. The van der Waals surface area contributed by atoms with Gasteiger partial charge in [-0.1, -0.05) is 0 Å². The summed E-state index contributed by atoms with van der Waals surface area (Å²) in [5.41, 5.74) is 0.612. The van der Waals surface area contributed by atoms with Crippen LogP contribution in [0.5, 0.6) is 0 Å². The predicted molar refractivity (Wildman–Crippen MR) is 77.6 cm³/mol. The summed E-state index contributed by atoms with van der Waals surface area (Å²) in [7, 11) is 1.38. The van der Waals surface area contributed by atoms with Crippen molar-refractivity contribution in [2.45, 2.75) is 26.8 Å². The van der Waals surface area contributed by atoms with Crippen LogP contribution in [0.1, 0.15) is 23.8 Å². The minimum atomic E-state index is -0.578. The van der Waals surface area contributed by atoms with Gasteiger partial charge >= 0.3 is 12.0 Å². The number of hydrogen-bond donors (Lipinski definition) is 1. The Hall–Kier alpha value is -1.56. The van der Waals surface area contributed by atoms with E-state index in [0.717, 1.165) is 4.88 Å². The maximum atomic E-state index is 12.1. The monoisotopic (exact) mass is 296 g/mol. The fourth-order valence-electron chi connectivity index (χ4n) is 2.40. The standard InChI is InChI=1S/C14H20N2O3S/c1-10-4-7-20-11(10)8-15-13(18)16-6-5-14(2,9-16)12(17)19-3/h4,7H,5-6,8-9H2,1-3H3,(H,15,18). The molecule has 0 radical (unpaired) electrons. The summed E-state index contributed by atoms with van der Waals surface area (Å²) in [4.78, 5) is 26.7. The molecule has 0 saturated carbocycles. The highest BCUT2D eigenvalue weighted by atomic mass is 32.1. The number of carbonyl (C=O) groups is 2. The van der Waals surface area contributed by atoms with Crippen LogP contribution < -0.4 is 5.32 Å². The molecular formula is C14H20N2O3S. The molecule has 1 aliphatic heterocycles. The van der Waals surface area contributed by atoms with Crippen LogP contribution in [0.4, 0.5) is 4.79 Å². The second-order valence-electron chi connectivity index (χ2n) is 5.41. The summed E-state index contributed by atoms with van der Waals surface area (Å²) < 4.78 is 4.80. The fourth-order valence-corrected chi connectivity index (χ4v) is 3.25. The summed E-state index contributed by atoms with van der Waals surface area (Å²) in [5.74, 6) is -0.248. The summed E-state index contributed by atoms with van der Waals surface area (Å²) in [5, 5.41) is 4.92. The van der Waals surface area contributed by atoms with Gasteiger partial charge in [0.25, 0.3) is 0 Å². The first kappa shape index (κ1) is 14.8. The van der Waals surface area contributed by atoms with E-state index in [4.69, 9.17) is 4.74 Å². The average molecular weight is 296 g/mol. The van der Waals surface area contributed by atoms with E-state index in [2.05, 4.69) is 5.32 Å². The minimum absolute atomic E-state index is 0.120. The Kier molecular flexibility index (Phi) is 4.32. The van der Waals surface area contributed by atoms with Gasteiger partial charge in [-0.3, -0.25) is 4.79 Å². The molecule has 6 heteroatoms. The molecule has 2 heterocycles. The Labute approximate surface area is 122 Å². The van der Waals surface area contributed by atoms with Crippen LogP contribution in [-0.4, -0.2) is 37.1 Å². The zero-order valence-electron chi connectivity index (χ0n) is 12.1. The molecule has 1 N–H and O–H groups in total. The molecule has 1 saturated heterocycles. The molecule has 1 unspecified atom stereocenters. The first-order chi connectivity index (χ1) is 9.46. The number of hydrogen-bond acceptors (Lipinski definition) is 4. The number of aryl methyl sites for hydroxylation is 1. The van der Waals surface area contributed by atoms with Crippen molar-refractivity contribution in [3.63, 3.8) is 0 Å². The number of rotatable bonds is 3. The number of urea groups is 1. The van der Waals surface area contributed by atoms with Crippen molar-refractivity contribution in [2.24, 2.45) is 5.41 Å². The van der Waals surface area contributed by atoms with E-state index in [1.54, 1.807) is 16.2 Å². The molecule has 1 fully saturated rings. The second kappa shape index (κ2) is 5.83. The van der Waals surface area contributed by atoms with Crippen LogP contribution in [0, 0.1) is 12.3 Å². The van der Waals surface area contributed by atoms with E-state index in [1.165, 1.54) is 12.7 Å². The second-order valence-corrected chi connectivity index (χ2v) is 6.41. The van der Waals surface area contributed by atoms with Crippen molar-refractivity contribution in [2.75, 3.05) is 20.2 Å². The van der Waals surface area contributed by atoms with E-state index in [9.17, 15) is 9.59 Å². The van der Waals surface area contributed by atoms with E-state index in [-0.39, 0.29) is 12.0 Å². The molecule has 1 aliphatic rings. The first-order valence-electron chi connectivity index (χ1n) is 6.60. The molecule has 110 valence electrons. The molecule has 0 aromatic carbocycles. The highest BCUT2D eigenvalue weighted by Crippen LogP contribution is 2.31. The highest BCUT2D eigenvalue weighted by Gasteiger charge is 2.42. The van der Waals surface area contributed by atoms with Crippen molar-refractivity contribution in [3.8, 4) is 0 Å². The van der Waals surface area contributed by atoms with Crippen LogP contribution in [0.25, 0.3) is 0 Å². The van der Waals surface area contributed by atoms with Gasteiger partial charge < -0.3 is 15.0 Å². The molecule has 0 bridgehead atoms. The van der Waals surface area contributed by atoms with Crippen LogP contribution >= 0.6 is 11.3 Å². The molecule has 1 atom stereocenters. The Morgan fingerprint density at radius 1 is 1.55 bits per heavy atom. The topological polar surface area (TPSA) is 58.6 Å². The lowest BCUT2D eigenvalue weighted by atomic mass is 9.90. The third-order valence-corrected chi connectivity index (χ3v) is 4.83. The third-order valence-electron chi connectivity index (χ3n) is 3.81. The van der Waals surface area contributed by atoms with Crippen LogP contribution in [0.2, 0.25) is 0 Å². The number of thiophene rings is 1. The van der Waals surface area contributed by atoms with E-state index in [1.807, 2.05) is 25.3 Å². The van der Waals surface area contributed by atoms with Gasteiger partial charge in [0.2, 0.25) is 0 Å². The number of carbonyl (C=O) groups excluding carboxylic acids is 2. The molecule has 1 aromatic rings. The number of ether oxygens (including phenoxy) is 1. The first-order valence-corrected chi connectivity index (χ1v) is 7.48. The average Bonchev–Trinajstić information content (AvgIpc) is 3.02. The number of esters is 1. The Morgan fingerprint density at radius 3 is 2.90 bits per heavy atom. The van der Waals surface area contributed by atoms with Crippen LogP contribution in [0.3, 0.4) is 0 Å². The number of likely N-dealkylation sites (tertiary alicyclic amines) is 1. The summed E-state index contributed by atoms with van der Waals surface area (Å²) in [6.07, 6.45) is 0.644. The lowest BCUT2D eigenvalue weighted by Crippen LogP contribution is -2.40. The molecule has 20 heavy (non-hydrogen) atoms. The summed E-state index contributed by atoms with van der Waals surface area (Å²) in [6.45, 7) is 5.40. The van der Waals surface area contributed by atoms with Gasteiger partial charge in [-0.25, -0.2) is 4.79 Å². The minimum Gasteiger partial charge on any atom is -0.469 e. The van der Waals surface area contributed by atoms with Gasteiger partial charge in [-0.05, 0) is 37.3 Å². The maximum absolute atomic E-state index is 12.1. The maximum Gasteiger partial charge on any atom is 0.317 e. The van der Waals surface area contributed by atoms with Gasteiger partial charge in [-0.2, -0.15) is 0 Å². The zero-order valence-corrected chi connectivity index (χ0v) is 12.9. The number of nitrogens with one attached hydrogen (secondary N) is 1. The van der Waals surface area contributed by atoms with Gasteiger partial charge in [0.1, 0.15) is 0 Å². The summed E-state index contributed by atoms with van der Waals surface area (Å²) >= 11 is 1.64. The zero-order chi connectivity index (χ0) is 14.8. The number of amides is 2. The van der Waals surface area contributed by atoms with Gasteiger partial charge in [0.15, 0.2) is 0 Å². The Bertz CT molecular complexity index is 514. The molecule has 1 aromatic heterocycles. The number of nitrogens with zero attached hydrogens (tertiary/aromatic N) is 1. The van der Waals surface area contributed by atoms with Crippen molar-refractivity contribution in [1.82, 2.24) is 10.2 Å². The van der Waals surface area contributed by atoms with E-state index >= 15 is 0 Å². The van der Waals surface area contributed by atoms with Gasteiger partial charge in [-0.15, -0.1) is 11.3 Å². The van der Waals surface area contributed by atoms with Crippen molar-refractivity contribution in [3.05, 3.63) is 21.9 Å². The van der Waals surface area contributed by atoms with Crippen LogP contribution in [0.15, 0.2) is 11.4 Å². The SMILES string of the molecule is COC(=O)C1(C)CCN(C(=O)NCc2sccc2C)C1. The molecule has 0 spiro atoms. The van der Waals surface area contributed by atoms with Gasteiger partial charge in [0, 0.05) is 18.0 Å². The van der Waals surface area contributed by atoms with Crippen molar-refractivity contribution in [1.29, 1.82) is 0 Å².